The van der Waals surface area contributed by atoms with Gasteiger partial charge in [-0.25, -0.2) is 4.39 Å². The van der Waals surface area contributed by atoms with Gasteiger partial charge in [-0.15, -0.1) is 0 Å². The van der Waals surface area contributed by atoms with Crippen LogP contribution in [0.1, 0.15) is 16.7 Å². The van der Waals surface area contributed by atoms with Gasteiger partial charge in [0.1, 0.15) is 18.2 Å². The second kappa shape index (κ2) is 10.2. The number of halogens is 2. The molecule has 2 amide bonds. The maximum atomic E-state index is 14.4. The van der Waals surface area contributed by atoms with Gasteiger partial charge >= 0.3 is 0 Å². The summed E-state index contributed by atoms with van der Waals surface area (Å²) < 4.78 is 22.0. The number of thioether (sulfide) groups is 1. The van der Waals surface area contributed by atoms with Crippen LogP contribution in [-0.4, -0.2) is 33.8 Å². The van der Waals surface area contributed by atoms with Gasteiger partial charge in [0.25, 0.3) is 11.1 Å². The molecule has 0 bridgehead atoms. The quantitative estimate of drug-likeness (QED) is 0.248. The van der Waals surface area contributed by atoms with E-state index >= 15 is 0 Å². The molecule has 5 nitrogen and oxygen atoms in total. The number of fused-ring (bicyclic) bond motifs is 1. The minimum atomic E-state index is -0.379. The number of ether oxygens (including phenoxy) is 1. The first-order valence-electron chi connectivity index (χ1n) is 11.4. The van der Waals surface area contributed by atoms with Crippen molar-refractivity contribution in [3.05, 3.63) is 105 Å². The molecule has 5 rings (SSSR count). The molecule has 0 unspecified atom stereocenters. The molecule has 1 aliphatic heterocycles. The van der Waals surface area contributed by atoms with Gasteiger partial charge in [0.05, 0.1) is 18.0 Å². The van der Waals surface area contributed by atoms with E-state index in [9.17, 15) is 14.0 Å². The lowest BCUT2D eigenvalue weighted by atomic mass is 10.1. The number of rotatable bonds is 7. The molecule has 36 heavy (non-hydrogen) atoms. The molecule has 3 aromatic carbocycles. The molecule has 1 aliphatic rings. The highest BCUT2D eigenvalue weighted by Crippen LogP contribution is 2.34. The topological polar surface area (TPSA) is 51.5 Å². The Hall–Kier alpha value is -3.55. The highest BCUT2D eigenvalue weighted by molar-refractivity contribution is 8.18. The van der Waals surface area contributed by atoms with Crippen LogP contribution in [0, 0.1) is 12.7 Å². The van der Waals surface area contributed by atoms with Gasteiger partial charge in [-0.3, -0.25) is 14.5 Å². The molecule has 1 aromatic heterocycles. The number of amides is 2. The molecular weight excluding hydrogens is 499 g/mol. The third-order valence-corrected chi connectivity index (χ3v) is 7.24. The Morgan fingerprint density at radius 2 is 1.81 bits per heavy atom. The van der Waals surface area contributed by atoms with Crippen LogP contribution in [0.4, 0.5) is 9.18 Å². The summed E-state index contributed by atoms with van der Waals surface area (Å²) >= 11 is 7.15. The Kier molecular flexibility index (Phi) is 6.85. The molecule has 0 aliphatic carbocycles. The van der Waals surface area contributed by atoms with Crippen LogP contribution < -0.4 is 4.74 Å². The predicted octanol–water partition coefficient (Wildman–Crippen LogP) is 6.91. The lowest BCUT2D eigenvalue weighted by molar-refractivity contribution is -0.123. The van der Waals surface area contributed by atoms with E-state index in [4.69, 9.17) is 16.3 Å². The molecular formula is C28H22ClFN2O3S. The molecule has 4 aromatic rings. The number of imide groups is 1. The Bertz CT molecular complexity index is 1480. The van der Waals surface area contributed by atoms with Crippen molar-refractivity contribution in [2.75, 3.05) is 13.2 Å². The molecule has 0 saturated carbocycles. The number of para-hydroxylation sites is 1. The number of carbonyl (C=O) groups excluding carboxylic acids is 2. The van der Waals surface area contributed by atoms with Gasteiger partial charge in [0.15, 0.2) is 0 Å². The first-order chi connectivity index (χ1) is 17.4. The molecule has 0 atom stereocenters. The second-order valence-electron chi connectivity index (χ2n) is 8.42. The molecule has 0 spiro atoms. The maximum absolute atomic E-state index is 14.4. The minimum Gasteiger partial charge on any atom is -0.492 e. The second-order valence-corrected chi connectivity index (χ2v) is 9.82. The third kappa shape index (κ3) is 4.90. The standard InChI is InChI=1S/C28H22ClFN2O3S/c1-18-9-11-20(12-10-18)35-14-13-32-27(33)26(36-28(32)34)15-19-16-31(25-8-3-2-5-21(19)25)17-22-23(29)6-4-7-24(22)30/h2-12,15-16H,13-14,17H2,1H3/b26-15-. The molecule has 8 heteroatoms. The molecule has 2 heterocycles. The Labute approximate surface area is 217 Å². The van der Waals surface area contributed by atoms with Gasteiger partial charge in [0, 0.05) is 33.2 Å². The van der Waals surface area contributed by atoms with Gasteiger partial charge in [0.2, 0.25) is 0 Å². The fourth-order valence-corrected chi connectivity index (χ4v) is 5.18. The normalized spacial score (nSPS) is 14.9. The summed E-state index contributed by atoms with van der Waals surface area (Å²) in [5.74, 6) is -0.0480. The van der Waals surface area contributed by atoms with Crippen LogP contribution in [0.3, 0.4) is 0 Å². The Morgan fingerprint density at radius 1 is 1.03 bits per heavy atom. The average Bonchev–Trinajstić information content (AvgIpc) is 3.34. The van der Waals surface area contributed by atoms with Gasteiger partial charge in [-0.05, 0) is 55.1 Å². The SMILES string of the molecule is Cc1ccc(OCCN2C(=O)S/C(=C\c3cn(Cc4c(F)cccc4Cl)c4ccccc34)C2=O)cc1. The minimum absolute atomic E-state index is 0.156. The van der Waals surface area contributed by atoms with E-state index in [-0.39, 0.29) is 36.7 Å². The van der Waals surface area contributed by atoms with Crippen molar-refractivity contribution >= 4 is 51.5 Å². The van der Waals surface area contributed by atoms with E-state index in [2.05, 4.69) is 0 Å². The largest absolute Gasteiger partial charge is 0.492 e. The molecule has 0 N–H and O–H groups in total. The number of carbonyl (C=O) groups is 2. The predicted molar refractivity (Wildman–Crippen MR) is 142 cm³/mol. The van der Waals surface area contributed by atoms with Crippen LogP contribution >= 0.6 is 23.4 Å². The number of benzene rings is 3. The van der Waals surface area contributed by atoms with Crippen molar-refractivity contribution in [1.29, 1.82) is 0 Å². The third-order valence-electron chi connectivity index (χ3n) is 5.97. The fraction of sp³-hybridized carbons (Fsp3) is 0.143. The van der Waals surface area contributed by atoms with E-state index in [0.29, 0.717) is 21.2 Å². The molecule has 182 valence electrons. The number of hydrogen-bond donors (Lipinski definition) is 0. The summed E-state index contributed by atoms with van der Waals surface area (Å²) in [7, 11) is 0. The van der Waals surface area contributed by atoms with Crippen LogP contribution in [0.15, 0.2) is 77.8 Å². The average molecular weight is 521 g/mol. The first-order valence-corrected chi connectivity index (χ1v) is 12.6. The summed E-state index contributed by atoms with van der Waals surface area (Å²) in [5.41, 5.74) is 3.14. The van der Waals surface area contributed by atoms with Crippen molar-refractivity contribution in [2.45, 2.75) is 13.5 Å². The molecule has 1 saturated heterocycles. The van der Waals surface area contributed by atoms with E-state index < -0.39 is 0 Å². The van der Waals surface area contributed by atoms with Crippen LogP contribution in [-0.2, 0) is 11.3 Å². The highest BCUT2D eigenvalue weighted by Gasteiger charge is 2.35. The van der Waals surface area contributed by atoms with E-state index in [1.165, 1.54) is 11.0 Å². The van der Waals surface area contributed by atoms with Crippen LogP contribution in [0.25, 0.3) is 17.0 Å². The molecule has 0 radical (unpaired) electrons. The Balaban J connectivity index is 1.37. The van der Waals surface area contributed by atoms with Crippen molar-refractivity contribution in [1.82, 2.24) is 9.47 Å². The van der Waals surface area contributed by atoms with Crippen molar-refractivity contribution in [2.24, 2.45) is 0 Å². The van der Waals surface area contributed by atoms with Crippen molar-refractivity contribution in [3.63, 3.8) is 0 Å². The zero-order chi connectivity index (χ0) is 25.2. The van der Waals surface area contributed by atoms with E-state index in [1.807, 2.05) is 66.2 Å². The van der Waals surface area contributed by atoms with Crippen molar-refractivity contribution in [3.8, 4) is 5.75 Å². The molecule has 1 fully saturated rings. The summed E-state index contributed by atoms with van der Waals surface area (Å²) in [6.07, 6.45) is 3.56. The monoisotopic (exact) mass is 520 g/mol. The lowest BCUT2D eigenvalue weighted by Gasteiger charge is -2.13. The van der Waals surface area contributed by atoms with Crippen LogP contribution in [0.5, 0.6) is 5.75 Å². The van der Waals surface area contributed by atoms with Gasteiger partial charge in [-0.2, -0.15) is 0 Å². The zero-order valence-corrected chi connectivity index (χ0v) is 21.0. The summed E-state index contributed by atoms with van der Waals surface area (Å²) in [5, 5.41) is 0.906. The summed E-state index contributed by atoms with van der Waals surface area (Å²) in [6, 6.07) is 19.8. The summed E-state index contributed by atoms with van der Waals surface area (Å²) in [4.78, 5) is 27.1. The van der Waals surface area contributed by atoms with Gasteiger partial charge < -0.3 is 9.30 Å². The number of hydrogen-bond acceptors (Lipinski definition) is 4. The number of aryl methyl sites for hydroxylation is 1. The number of aromatic nitrogens is 1. The van der Waals surface area contributed by atoms with E-state index in [0.717, 1.165) is 33.8 Å². The van der Waals surface area contributed by atoms with Crippen molar-refractivity contribution < 1.29 is 18.7 Å². The summed E-state index contributed by atoms with van der Waals surface area (Å²) in [6.45, 7) is 2.58. The number of nitrogens with zero attached hydrogens (tertiary/aromatic N) is 2. The Morgan fingerprint density at radius 3 is 2.58 bits per heavy atom. The lowest BCUT2D eigenvalue weighted by Crippen LogP contribution is -2.32. The van der Waals surface area contributed by atoms with Crippen LogP contribution in [0.2, 0.25) is 5.02 Å². The van der Waals surface area contributed by atoms with Gasteiger partial charge in [-0.1, -0.05) is 53.6 Å². The zero-order valence-electron chi connectivity index (χ0n) is 19.4. The first kappa shape index (κ1) is 24.2. The smallest absolute Gasteiger partial charge is 0.293 e. The fourth-order valence-electron chi connectivity index (χ4n) is 4.10. The van der Waals surface area contributed by atoms with E-state index in [1.54, 1.807) is 18.2 Å². The maximum Gasteiger partial charge on any atom is 0.293 e. The highest BCUT2D eigenvalue weighted by atomic mass is 35.5.